The summed E-state index contributed by atoms with van der Waals surface area (Å²) in [6, 6.07) is 0. The maximum absolute atomic E-state index is 11.3. The van der Waals surface area contributed by atoms with Gasteiger partial charge in [-0.2, -0.15) is 0 Å². The van der Waals surface area contributed by atoms with Crippen molar-refractivity contribution in [3.05, 3.63) is 0 Å². The van der Waals surface area contributed by atoms with Crippen molar-refractivity contribution in [1.82, 2.24) is 5.32 Å². The molecule has 0 unspecified atom stereocenters. The number of nitrogens with one attached hydrogen (secondary N) is 1. The highest BCUT2D eigenvalue weighted by atomic mass is 16.5. The summed E-state index contributed by atoms with van der Waals surface area (Å²) < 4.78 is 10.1. The van der Waals surface area contributed by atoms with Crippen molar-refractivity contribution in [2.45, 2.75) is 32.1 Å². The van der Waals surface area contributed by atoms with E-state index in [9.17, 15) is 4.79 Å². The molecule has 0 heterocycles. The number of unbranched alkanes of at least 4 members (excludes halogenated alkanes) is 2. The van der Waals surface area contributed by atoms with Gasteiger partial charge in [0, 0.05) is 26.7 Å². The molecule has 0 rings (SSSR count). The molecule has 0 aliphatic carbocycles. The highest BCUT2D eigenvalue weighted by Gasteiger charge is 1.99. The van der Waals surface area contributed by atoms with Gasteiger partial charge in [0.15, 0.2) is 0 Å². The number of ether oxygens (including phenoxy) is 2. The Hall–Kier alpha value is -0.650. The standard InChI is InChI=1S/C12H26N2O3/c1-16-10-11-17-9-5-8-14-12(15)6-3-2-4-7-13/h2-11,13H2,1H3,(H,14,15). The van der Waals surface area contributed by atoms with Crippen LogP contribution in [0.5, 0.6) is 0 Å². The molecule has 0 spiro atoms. The van der Waals surface area contributed by atoms with Gasteiger partial charge in [-0.05, 0) is 25.8 Å². The van der Waals surface area contributed by atoms with E-state index < -0.39 is 0 Å². The fraction of sp³-hybridized carbons (Fsp3) is 0.917. The van der Waals surface area contributed by atoms with Crippen molar-refractivity contribution in [2.24, 2.45) is 5.73 Å². The predicted molar refractivity (Wildman–Crippen MR) is 67.8 cm³/mol. The van der Waals surface area contributed by atoms with Crippen molar-refractivity contribution in [3.8, 4) is 0 Å². The van der Waals surface area contributed by atoms with Gasteiger partial charge in [0.25, 0.3) is 0 Å². The van der Waals surface area contributed by atoms with Gasteiger partial charge in [0.05, 0.1) is 13.2 Å². The Morgan fingerprint density at radius 3 is 2.65 bits per heavy atom. The molecule has 0 aromatic heterocycles. The lowest BCUT2D eigenvalue weighted by molar-refractivity contribution is -0.121. The normalized spacial score (nSPS) is 10.5. The van der Waals surface area contributed by atoms with Gasteiger partial charge < -0.3 is 20.5 Å². The smallest absolute Gasteiger partial charge is 0.219 e. The zero-order valence-electron chi connectivity index (χ0n) is 10.9. The van der Waals surface area contributed by atoms with Crippen molar-refractivity contribution >= 4 is 5.91 Å². The van der Waals surface area contributed by atoms with E-state index in [1.54, 1.807) is 7.11 Å². The van der Waals surface area contributed by atoms with E-state index in [-0.39, 0.29) is 5.91 Å². The minimum atomic E-state index is 0.124. The number of hydrogen-bond donors (Lipinski definition) is 2. The topological polar surface area (TPSA) is 73.6 Å². The first kappa shape index (κ1) is 16.4. The van der Waals surface area contributed by atoms with Crippen LogP contribution in [0.2, 0.25) is 0 Å². The number of methoxy groups -OCH3 is 1. The summed E-state index contributed by atoms with van der Waals surface area (Å²) in [7, 11) is 1.65. The molecule has 0 aromatic carbocycles. The predicted octanol–water partition coefficient (Wildman–Crippen LogP) is 0.675. The zero-order chi connectivity index (χ0) is 12.8. The molecule has 5 nitrogen and oxygen atoms in total. The van der Waals surface area contributed by atoms with Crippen molar-refractivity contribution < 1.29 is 14.3 Å². The molecule has 1 amide bonds. The first-order valence-corrected chi connectivity index (χ1v) is 6.34. The fourth-order valence-corrected chi connectivity index (χ4v) is 1.34. The molecule has 17 heavy (non-hydrogen) atoms. The fourth-order valence-electron chi connectivity index (χ4n) is 1.34. The Balaban J connectivity index is 3.11. The summed E-state index contributed by atoms with van der Waals surface area (Å²) in [4.78, 5) is 11.3. The molecule has 0 saturated heterocycles. The number of carbonyl (C=O) groups excluding carboxylic acids is 1. The molecular formula is C12H26N2O3. The molecule has 0 fully saturated rings. The van der Waals surface area contributed by atoms with Crippen LogP contribution in [0.15, 0.2) is 0 Å². The van der Waals surface area contributed by atoms with Crippen molar-refractivity contribution in [1.29, 1.82) is 0 Å². The van der Waals surface area contributed by atoms with Gasteiger partial charge in [-0.1, -0.05) is 6.42 Å². The minimum absolute atomic E-state index is 0.124. The SMILES string of the molecule is COCCOCCCNC(=O)CCCCCN. The highest BCUT2D eigenvalue weighted by Crippen LogP contribution is 1.98. The molecule has 0 atom stereocenters. The third kappa shape index (κ3) is 13.3. The third-order valence-electron chi connectivity index (χ3n) is 2.33. The Kier molecular flexibility index (Phi) is 12.9. The highest BCUT2D eigenvalue weighted by molar-refractivity contribution is 5.75. The maximum Gasteiger partial charge on any atom is 0.219 e. The van der Waals surface area contributed by atoms with E-state index in [0.717, 1.165) is 25.7 Å². The Bertz CT molecular complexity index is 177. The van der Waals surface area contributed by atoms with Gasteiger partial charge in [-0.15, -0.1) is 0 Å². The van der Waals surface area contributed by atoms with Gasteiger partial charge >= 0.3 is 0 Å². The molecular weight excluding hydrogens is 220 g/mol. The molecule has 0 saturated carbocycles. The van der Waals surface area contributed by atoms with Gasteiger partial charge in [-0.3, -0.25) is 4.79 Å². The number of hydrogen-bond acceptors (Lipinski definition) is 4. The molecule has 0 bridgehead atoms. The summed E-state index contributed by atoms with van der Waals surface area (Å²) >= 11 is 0. The van der Waals surface area contributed by atoms with E-state index in [4.69, 9.17) is 15.2 Å². The van der Waals surface area contributed by atoms with Crippen LogP contribution < -0.4 is 11.1 Å². The van der Waals surface area contributed by atoms with Crippen LogP contribution >= 0.6 is 0 Å². The van der Waals surface area contributed by atoms with Crippen LogP contribution in [-0.4, -0.2) is 45.9 Å². The van der Waals surface area contributed by atoms with Crippen LogP contribution in [0.1, 0.15) is 32.1 Å². The zero-order valence-corrected chi connectivity index (χ0v) is 10.9. The van der Waals surface area contributed by atoms with Crippen molar-refractivity contribution in [2.75, 3.05) is 40.0 Å². The maximum atomic E-state index is 11.3. The second kappa shape index (κ2) is 13.4. The van der Waals surface area contributed by atoms with E-state index in [1.165, 1.54) is 0 Å². The van der Waals surface area contributed by atoms with E-state index >= 15 is 0 Å². The monoisotopic (exact) mass is 246 g/mol. The largest absolute Gasteiger partial charge is 0.382 e. The second-order valence-electron chi connectivity index (χ2n) is 3.91. The van der Waals surface area contributed by atoms with E-state index in [2.05, 4.69) is 5.32 Å². The molecule has 102 valence electrons. The molecule has 0 aromatic rings. The Morgan fingerprint density at radius 2 is 1.94 bits per heavy atom. The van der Waals surface area contributed by atoms with E-state index in [1.807, 2.05) is 0 Å². The summed E-state index contributed by atoms with van der Waals surface area (Å²) in [5.74, 6) is 0.124. The average molecular weight is 246 g/mol. The van der Waals surface area contributed by atoms with Crippen LogP contribution in [0.3, 0.4) is 0 Å². The van der Waals surface area contributed by atoms with Crippen molar-refractivity contribution in [3.63, 3.8) is 0 Å². The molecule has 0 aliphatic rings. The number of nitrogens with two attached hydrogens (primary N) is 1. The summed E-state index contributed by atoms with van der Waals surface area (Å²) in [6.45, 7) is 3.29. The molecule has 0 radical (unpaired) electrons. The summed E-state index contributed by atoms with van der Waals surface area (Å²) in [6.07, 6.45) is 4.40. The molecule has 5 heteroatoms. The number of carbonyl (C=O) groups is 1. The van der Waals surface area contributed by atoms with Crippen LogP contribution in [0.25, 0.3) is 0 Å². The third-order valence-corrected chi connectivity index (χ3v) is 2.33. The number of rotatable bonds is 12. The van der Waals surface area contributed by atoms with Gasteiger partial charge in [0.2, 0.25) is 5.91 Å². The van der Waals surface area contributed by atoms with Gasteiger partial charge in [0.1, 0.15) is 0 Å². The van der Waals surface area contributed by atoms with Crippen LogP contribution in [0.4, 0.5) is 0 Å². The van der Waals surface area contributed by atoms with E-state index in [0.29, 0.717) is 39.3 Å². The quantitative estimate of drug-likeness (QED) is 0.497. The number of amides is 1. The second-order valence-corrected chi connectivity index (χ2v) is 3.91. The Morgan fingerprint density at radius 1 is 1.12 bits per heavy atom. The van der Waals surface area contributed by atoms with Crippen LogP contribution in [-0.2, 0) is 14.3 Å². The van der Waals surface area contributed by atoms with Gasteiger partial charge in [-0.25, -0.2) is 0 Å². The summed E-state index contributed by atoms with van der Waals surface area (Å²) in [5, 5.41) is 2.87. The lowest BCUT2D eigenvalue weighted by Gasteiger charge is -2.06. The van der Waals surface area contributed by atoms with Crippen LogP contribution in [0, 0.1) is 0 Å². The molecule has 0 aliphatic heterocycles. The first-order valence-electron chi connectivity index (χ1n) is 6.34. The lowest BCUT2D eigenvalue weighted by Crippen LogP contribution is -2.25. The Labute approximate surface area is 104 Å². The average Bonchev–Trinajstić information content (AvgIpc) is 2.33. The lowest BCUT2D eigenvalue weighted by atomic mass is 10.2. The molecule has 3 N–H and O–H groups in total. The summed E-state index contributed by atoms with van der Waals surface area (Å²) in [5.41, 5.74) is 5.37. The minimum Gasteiger partial charge on any atom is -0.382 e. The first-order chi connectivity index (χ1) is 8.31.